The van der Waals surface area contributed by atoms with E-state index in [9.17, 15) is 9.59 Å². The van der Waals surface area contributed by atoms with Gasteiger partial charge in [0.05, 0.1) is 0 Å². The summed E-state index contributed by atoms with van der Waals surface area (Å²) in [5.41, 5.74) is 3.39. The molecule has 1 heterocycles. The van der Waals surface area contributed by atoms with Crippen LogP contribution in [0.25, 0.3) is 0 Å². The Bertz CT molecular complexity index is 980. The Morgan fingerprint density at radius 3 is 2.57 bits per heavy atom. The highest BCUT2D eigenvalue weighted by Crippen LogP contribution is 2.22. The fourth-order valence-corrected chi connectivity index (χ4v) is 3.55. The first-order valence-electron chi connectivity index (χ1n) is 11.7. The molecule has 1 aliphatic rings. The SMILES string of the molecule is C=CC/C=C\CC1=C(C)CN[C@H](CS)CN1C(=O)C(=C)/C=C\C(=C/C)NC(=O)/C(C=C)=C/C=C\C. The van der Waals surface area contributed by atoms with E-state index in [-0.39, 0.29) is 17.9 Å². The Balaban J connectivity index is 3.08. The number of allylic oxidation sites excluding steroid dienone is 8. The zero-order valence-corrected chi connectivity index (χ0v) is 22.1. The number of carbonyl (C=O) groups excluding carboxylic acids is 2. The van der Waals surface area contributed by atoms with E-state index >= 15 is 0 Å². The van der Waals surface area contributed by atoms with Crippen LogP contribution in [0.2, 0.25) is 0 Å². The molecule has 1 rings (SSSR count). The van der Waals surface area contributed by atoms with Crippen molar-refractivity contribution in [1.82, 2.24) is 15.5 Å². The van der Waals surface area contributed by atoms with E-state index in [0.717, 1.165) is 17.7 Å². The molecule has 188 valence electrons. The maximum Gasteiger partial charge on any atom is 0.257 e. The van der Waals surface area contributed by atoms with E-state index in [4.69, 9.17) is 0 Å². The van der Waals surface area contributed by atoms with Crippen molar-refractivity contribution in [3.05, 3.63) is 109 Å². The molecule has 0 radical (unpaired) electrons. The van der Waals surface area contributed by atoms with Crippen molar-refractivity contribution in [3.63, 3.8) is 0 Å². The fraction of sp³-hybridized carbons (Fsp3) is 0.310. The van der Waals surface area contributed by atoms with E-state index < -0.39 is 0 Å². The Morgan fingerprint density at radius 1 is 1.23 bits per heavy atom. The summed E-state index contributed by atoms with van der Waals surface area (Å²) < 4.78 is 0. The van der Waals surface area contributed by atoms with Gasteiger partial charge >= 0.3 is 0 Å². The van der Waals surface area contributed by atoms with Crippen molar-refractivity contribution in [2.45, 2.75) is 39.7 Å². The number of amides is 2. The smallest absolute Gasteiger partial charge is 0.257 e. The number of rotatable bonds is 12. The van der Waals surface area contributed by atoms with Crippen LogP contribution in [0.5, 0.6) is 0 Å². The highest BCUT2D eigenvalue weighted by molar-refractivity contribution is 7.80. The number of hydrogen-bond acceptors (Lipinski definition) is 4. The monoisotopic (exact) mass is 493 g/mol. The molecule has 5 nitrogen and oxygen atoms in total. The van der Waals surface area contributed by atoms with Crippen LogP contribution in [-0.4, -0.2) is 41.6 Å². The second-order valence-corrected chi connectivity index (χ2v) is 8.38. The number of thiol groups is 1. The lowest BCUT2D eigenvalue weighted by molar-refractivity contribution is -0.125. The van der Waals surface area contributed by atoms with Gasteiger partial charge in [-0.15, -0.1) is 6.58 Å². The molecule has 0 saturated heterocycles. The molecule has 1 atom stereocenters. The van der Waals surface area contributed by atoms with Crippen LogP contribution >= 0.6 is 12.6 Å². The Labute approximate surface area is 216 Å². The van der Waals surface area contributed by atoms with Gasteiger partial charge in [0, 0.05) is 53.8 Å². The van der Waals surface area contributed by atoms with E-state index in [1.54, 1.807) is 35.3 Å². The molecule has 0 unspecified atom stereocenters. The lowest BCUT2D eigenvalue weighted by Gasteiger charge is -2.27. The minimum Gasteiger partial charge on any atom is -0.322 e. The molecule has 0 aliphatic carbocycles. The van der Waals surface area contributed by atoms with Crippen molar-refractivity contribution in [1.29, 1.82) is 0 Å². The average Bonchev–Trinajstić information content (AvgIpc) is 3.02. The van der Waals surface area contributed by atoms with Gasteiger partial charge in [0.15, 0.2) is 0 Å². The second kappa shape index (κ2) is 16.5. The van der Waals surface area contributed by atoms with Crippen LogP contribution in [0, 0.1) is 0 Å². The zero-order valence-electron chi connectivity index (χ0n) is 21.2. The normalized spacial score (nSPS) is 17.8. The first kappa shape index (κ1) is 29.9. The summed E-state index contributed by atoms with van der Waals surface area (Å²) >= 11 is 4.44. The van der Waals surface area contributed by atoms with Crippen molar-refractivity contribution in [2.24, 2.45) is 0 Å². The number of hydrogen-bond donors (Lipinski definition) is 3. The summed E-state index contributed by atoms with van der Waals surface area (Å²) in [6.45, 7) is 18.4. The van der Waals surface area contributed by atoms with Crippen molar-refractivity contribution in [3.8, 4) is 0 Å². The number of carbonyl (C=O) groups is 2. The summed E-state index contributed by atoms with van der Waals surface area (Å²) in [6.07, 6.45) is 19.2. The van der Waals surface area contributed by atoms with Crippen LogP contribution in [0.1, 0.15) is 33.6 Å². The van der Waals surface area contributed by atoms with Gasteiger partial charge in [-0.05, 0) is 51.0 Å². The standard InChI is InChI=1S/C29H39N3O2S/c1-7-11-13-14-16-27-23(6)19-30-26(21-35)20-32(27)29(34)22(5)17-18-25(10-4)31-28(33)24(9-3)15-12-8-2/h7-10,12-15,17-18,26,30,35H,1,3,5,11,16,19-21H2,2,4,6H3,(H,31,33)/b12-8-,14-13-,18-17-,24-15+,25-10+/t26-/m0/s1. The minimum absolute atomic E-state index is 0.0651. The van der Waals surface area contributed by atoms with Gasteiger partial charge in [0.2, 0.25) is 0 Å². The minimum atomic E-state index is -0.282. The highest BCUT2D eigenvalue weighted by atomic mass is 32.1. The first-order chi connectivity index (χ1) is 16.8. The van der Waals surface area contributed by atoms with Crippen molar-refractivity contribution >= 4 is 24.4 Å². The number of nitrogens with zero attached hydrogens (tertiary/aromatic N) is 1. The predicted octanol–water partition coefficient (Wildman–Crippen LogP) is 5.33. The van der Waals surface area contributed by atoms with Crippen molar-refractivity contribution < 1.29 is 9.59 Å². The van der Waals surface area contributed by atoms with Gasteiger partial charge in [0.25, 0.3) is 11.8 Å². The third kappa shape index (κ3) is 9.97. The predicted molar refractivity (Wildman–Crippen MR) is 152 cm³/mol. The van der Waals surface area contributed by atoms with Crippen LogP contribution in [0.3, 0.4) is 0 Å². The number of nitrogens with one attached hydrogen (secondary N) is 2. The molecule has 0 aromatic rings. The summed E-state index contributed by atoms with van der Waals surface area (Å²) in [5, 5.41) is 6.29. The zero-order chi connectivity index (χ0) is 26.2. The molecule has 6 heteroatoms. The summed E-state index contributed by atoms with van der Waals surface area (Å²) in [4.78, 5) is 27.8. The lowest BCUT2D eigenvalue weighted by atomic mass is 10.1. The molecule has 1 aliphatic heterocycles. The third-order valence-corrected chi connectivity index (χ3v) is 5.82. The molecule has 0 spiro atoms. The van der Waals surface area contributed by atoms with Gasteiger partial charge in [-0.2, -0.15) is 12.6 Å². The molecule has 2 N–H and O–H groups in total. The lowest BCUT2D eigenvalue weighted by Crippen LogP contribution is -2.42. The fourth-order valence-electron chi connectivity index (χ4n) is 3.31. The largest absolute Gasteiger partial charge is 0.322 e. The van der Waals surface area contributed by atoms with E-state index in [2.05, 4.69) is 49.1 Å². The maximum atomic E-state index is 13.5. The Kier molecular flexibility index (Phi) is 14.1. The van der Waals surface area contributed by atoms with Crippen LogP contribution in [-0.2, 0) is 9.59 Å². The first-order valence-corrected chi connectivity index (χ1v) is 12.4. The molecule has 2 amide bonds. The molecular formula is C29H39N3O2S. The van der Waals surface area contributed by atoms with Crippen LogP contribution < -0.4 is 10.6 Å². The van der Waals surface area contributed by atoms with Crippen molar-refractivity contribution in [2.75, 3.05) is 18.8 Å². The van der Waals surface area contributed by atoms with E-state index in [1.807, 2.05) is 39.0 Å². The van der Waals surface area contributed by atoms with Crippen LogP contribution in [0.15, 0.2) is 109 Å². The summed E-state index contributed by atoms with van der Waals surface area (Å²) in [7, 11) is 0. The molecule has 0 saturated carbocycles. The van der Waals surface area contributed by atoms with Gasteiger partial charge in [-0.25, -0.2) is 0 Å². The maximum absolute atomic E-state index is 13.5. The molecule has 0 fully saturated rings. The van der Waals surface area contributed by atoms with E-state index in [0.29, 0.717) is 42.1 Å². The molecule has 0 aromatic heterocycles. The van der Waals surface area contributed by atoms with Gasteiger partial charge in [-0.3, -0.25) is 9.59 Å². The second-order valence-electron chi connectivity index (χ2n) is 8.01. The molecule has 0 aromatic carbocycles. The summed E-state index contributed by atoms with van der Waals surface area (Å²) in [5.74, 6) is 0.153. The highest BCUT2D eigenvalue weighted by Gasteiger charge is 2.26. The quantitative estimate of drug-likeness (QED) is 0.149. The summed E-state index contributed by atoms with van der Waals surface area (Å²) in [6, 6.07) is 0.0651. The average molecular weight is 494 g/mol. The molecule has 0 bridgehead atoms. The Hall–Kier alpha value is -3.09. The Morgan fingerprint density at radius 2 is 1.97 bits per heavy atom. The van der Waals surface area contributed by atoms with Gasteiger partial charge < -0.3 is 15.5 Å². The molecule has 35 heavy (non-hydrogen) atoms. The van der Waals surface area contributed by atoms with Gasteiger partial charge in [0.1, 0.15) is 0 Å². The topological polar surface area (TPSA) is 61.4 Å². The third-order valence-electron chi connectivity index (χ3n) is 5.38. The molecular weight excluding hydrogens is 454 g/mol. The van der Waals surface area contributed by atoms with Crippen LogP contribution in [0.4, 0.5) is 0 Å². The van der Waals surface area contributed by atoms with Gasteiger partial charge in [-0.1, -0.05) is 55.7 Å². The van der Waals surface area contributed by atoms with E-state index in [1.165, 1.54) is 6.08 Å².